The summed E-state index contributed by atoms with van der Waals surface area (Å²) in [7, 11) is 4.31. The van der Waals surface area contributed by atoms with Crippen LogP contribution >= 0.6 is 0 Å². The maximum Gasteiger partial charge on any atom is 0.407 e. The third-order valence-corrected chi connectivity index (χ3v) is 1.71. The Labute approximate surface area is 141 Å². The molecule has 0 spiro atoms. The molecule has 0 aliphatic carbocycles. The third kappa shape index (κ3) is 24.9. The van der Waals surface area contributed by atoms with E-state index in [-0.39, 0.29) is 19.8 Å². The van der Waals surface area contributed by atoms with Crippen LogP contribution in [0.5, 0.6) is 0 Å². The Hall–Kier alpha value is -2.10. The molecule has 0 rings (SSSR count). The number of carbonyl (C=O) groups is 2. The maximum atomic E-state index is 10.4. The van der Waals surface area contributed by atoms with Gasteiger partial charge in [0.1, 0.15) is 18.8 Å². The topological polar surface area (TPSA) is 184 Å². The highest BCUT2D eigenvalue weighted by molar-refractivity contribution is 5.67. The molecule has 0 saturated carbocycles. The van der Waals surface area contributed by atoms with Crippen molar-refractivity contribution in [2.45, 2.75) is 12.2 Å². The molecule has 1 atom stereocenters. The van der Waals surface area contributed by atoms with Crippen molar-refractivity contribution in [1.29, 1.82) is 0 Å². The number of alkyl carbamates (subject to hydrolysis) is 2. The average molecular weight is 355 g/mol. The van der Waals surface area contributed by atoms with Crippen LogP contribution in [0.1, 0.15) is 0 Å². The highest BCUT2D eigenvalue weighted by Crippen LogP contribution is 1.88. The molecule has 0 bridgehead atoms. The Morgan fingerprint density at radius 1 is 1.00 bits per heavy atom. The van der Waals surface area contributed by atoms with E-state index < -0.39 is 31.0 Å². The quantitative estimate of drug-likeness (QED) is 0.248. The molecule has 0 aliphatic heterocycles. The number of amides is 2. The third-order valence-electron chi connectivity index (χ3n) is 1.71. The van der Waals surface area contributed by atoms with Crippen LogP contribution in [-0.4, -0.2) is 92.4 Å². The summed E-state index contributed by atoms with van der Waals surface area (Å²) in [5.74, 6) is 0. The number of aliphatic hydroxyl groups excluding tert-OH is 4. The number of nitrogens with one attached hydrogen (secondary N) is 2. The minimum Gasteiger partial charge on any atom is -0.447 e. The second kappa shape index (κ2) is 25.8. The zero-order valence-electron chi connectivity index (χ0n) is 14.1. The van der Waals surface area contributed by atoms with Crippen LogP contribution in [0.25, 0.3) is 0 Å². The van der Waals surface area contributed by atoms with E-state index in [2.05, 4.69) is 38.7 Å². The normalized spacial score (nSPS) is 9.46. The minimum atomic E-state index is -0.989. The van der Waals surface area contributed by atoms with Crippen molar-refractivity contribution in [3.63, 3.8) is 0 Å². The summed E-state index contributed by atoms with van der Waals surface area (Å²) in [5, 5.41) is 38.1. The number of nitrogens with two attached hydrogens (primary N) is 1. The predicted molar refractivity (Wildman–Crippen MR) is 87.0 cm³/mol. The minimum absolute atomic E-state index is 0.184. The van der Waals surface area contributed by atoms with Gasteiger partial charge >= 0.3 is 12.2 Å². The van der Waals surface area contributed by atoms with Crippen molar-refractivity contribution < 1.29 is 39.5 Å². The van der Waals surface area contributed by atoms with E-state index in [9.17, 15) is 9.59 Å². The first-order valence-corrected chi connectivity index (χ1v) is 6.59. The molecule has 0 heterocycles. The van der Waals surface area contributed by atoms with Crippen LogP contribution in [0, 0.1) is 12.8 Å². The number of ether oxygens (including phenoxy) is 2. The van der Waals surface area contributed by atoms with Gasteiger partial charge in [-0.15, -0.1) is 12.8 Å². The fraction of sp³-hybridized carbons (Fsp3) is 0.692. The van der Waals surface area contributed by atoms with Crippen LogP contribution in [0.3, 0.4) is 0 Å². The number of carbonyl (C=O) groups excluding carboxylic acids is 2. The Kier molecular flexibility index (Phi) is 32.1. The molecular weight excluding hydrogens is 326 g/mol. The van der Waals surface area contributed by atoms with Gasteiger partial charge in [0.05, 0.1) is 19.8 Å². The van der Waals surface area contributed by atoms with E-state index >= 15 is 0 Å². The molecular formula is C13H29N3O8. The molecule has 144 valence electrons. The number of rotatable bonds is 6. The molecule has 8 N–H and O–H groups in total. The van der Waals surface area contributed by atoms with Crippen LogP contribution in [0.4, 0.5) is 9.59 Å². The highest BCUT2D eigenvalue weighted by atomic mass is 16.6. The largest absolute Gasteiger partial charge is 0.447 e. The van der Waals surface area contributed by atoms with E-state index in [0.717, 1.165) is 0 Å². The Balaban J connectivity index is -0.000000138. The molecule has 11 nitrogen and oxygen atoms in total. The maximum absolute atomic E-state index is 10.4. The van der Waals surface area contributed by atoms with Gasteiger partial charge in [0.25, 0.3) is 0 Å². The van der Waals surface area contributed by atoms with Gasteiger partial charge in [-0.2, -0.15) is 0 Å². The SMILES string of the molecule is C#C.CN.CNC(=O)OC(CO)CO.CNC(=O)OCC(O)CO. The van der Waals surface area contributed by atoms with Crippen LogP contribution in [0.2, 0.25) is 0 Å². The average Bonchev–Trinajstić information content (AvgIpc) is 2.66. The lowest BCUT2D eigenvalue weighted by atomic mass is 10.4. The van der Waals surface area contributed by atoms with Gasteiger partial charge in [-0.1, -0.05) is 0 Å². The van der Waals surface area contributed by atoms with Crippen molar-refractivity contribution in [2.75, 3.05) is 47.6 Å². The van der Waals surface area contributed by atoms with Crippen molar-refractivity contribution >= 4 is 12.2 Å². The van der Waals surface area contributed by atoms with Crippen LogP contribution < -0.4 is 16.4 Å². The first-order chi connectivity index (χ1) is 11.4. The van der Waals surface area contributed by atoms with Gasteiger partial charge in [-0.25, -0.2) is 9.59 Å². The molecule has 24 heavy (non-hydrogen) atoms. The molecule has 11 heteroatoms. The standard InChI is InChI=1S/2C5H11NO4.C2H2.CH5N/c1-6-5(9)10-3-4(8)2-7;1-6-5(9)10-4(2-7)3-8;2*1-2/h2*4,7-8H,2-3H2,1H3,(H,6,9);1-2H;2H2,1H3. The summed E-state index contributed by atoms with van der Waals surface area (Å²) in [6.07, 6.45) is 4.91. The lowest BCUT2D eigenvalue weighted by Gasteiger charge is -2.10. The van der Waals surface area contributed by atoms with Crippen LogP contribution in [0.15, 0.2) is 0 Å². The molecule has 0 fully saturated rings. The van der Waals surface area contributed by atoms with E-state index in [1.165, 1.54) is 21.1 Å². The van der Waals surface area contributed by atoms with E-state index in [4.69, 9.17) is 20.4 Å². The van der Waals surface area contributed by atoms with Crippen LogP contribution in [-0.2, 0) is 9.47 Å². The Morgan fingerprint density at radius 2 is 1.42 bits per heavy atom. The van der Waals surface area contributed by atoms with Gasteiger partial charge in [0.15, 0.2) is 0 Å². The number of terminal acetylenes is 1. The fourth-order valence-corrected chi connectivity index (χ4v) is 0.639. The van der Waals surface area contributed by atoms with Gasteiger partial charge in [0.2, 0.25) is 0 Å². The van der Waals surface area contributed by atoms with Gasteiger partial charge in [0, 0.05) is 14.1 Å². The lowest BCUT2D eigenvalue weighted by Crippen LogP contribution is -2.30. The molecule has 0 aromatic heterocycles. The second-order valence-corrected chi connectivity index (χ2v) is 3.33. The fourth-order valence-electron chi connectivity index (χ4n) is 0.639. The van der Waals surface area contributed by atoms with Gasteiger partial charge in [-0.05, 0) is 7.05 Å². The molecule has 1 unspecified atom stereocenters. The van der Waals surface area contributed by atoms with Gasteiger partial charge in [-0.3, -0.25) is 0 Å². The molecule has 0 saturated heterocycles. The van der Waals surface area contributed by atoms with E-state index in [1.807, 2.05) is 0 Å². The first kappa shape index (κ1) is 29.9. The predicted octanol–water partition coefficient (Wildman–Crippen LogP) is -2.78. The monoisotopic (exact) mass is 355 g/mol. The molecule has 2 amide bonds. The summed E-state index contributed by atoms with van der Waals surface area (Å²) in [6, 6.07) is 0. The summed E-state index contributed by atoms with van der Waals surface area (Å²) in [4.78, 5) is 20.7. The number of aliphatic hydroxyl groups is 4. The van der Waals surface area contributed by atoms with E-state index in [1.54, 1.807) is 0 Å². The highest BCUT2D eigenvalue weighted by Gasteiger charge is 2.09. The van der Waals surface area contributed by atoms with Crippen molar-refractivity contribution in [3.05, 3.63) is 0 Å². The first-order valence-electron chi connectivity index (χ1n) is 6.59. The molecule has 0 radical (unpaired) electrons. The van der Waals surface area contributed by atoms with Crippen molar-refractivity contribution in [3.8, 4) is 12.8 Å². The molecule has 0 aliphatic rings. The molecule has 0 aromatic carbocycles. The molecule has 0 aromatic rings. The summed E-state index contributed by atoms with van der Waals surface area (Å²) >= 11 is 0. The van der Waals surface area contributed by atoms with Crippen molar-refractivity contribution in [2.24, 2.45) is 5.73 Å². The zero-order chi connectivity index (χ0) is 20.0. The second-order valence-electron chi connectivity index (χ2n) is 3.33. The van der Waals surface area contributed by atoms with Crippen molar-refractivity contribution in [1.82, 2.24) is 10.6 Å². The number of hydrogen-bond donors (Lipinski definition) is 7. The summed E-state index contributed by atoms with van der Waals surface area (Å²) in [5.41, 5.74) is 4.50. The lowest BCUT2D eigenvalue weighted by molar-refractivity contribution is 0.0232. The smallest absolute Gasteiger partial charge is 0.407 e. The summed E-state index contributed by atoms with van der Waals surface area (Å²) in [6.45, 7) is -1.33. The number of hydrogen-bond acceptors (Lipinski definition) is 9. The zero-order valence-corrected chi connectivity index (χ0v) is 14.1. The van der Waals surface area contributed by atoms with E-state index in [0.29, 0.717) is 0 Å². The Bertz CT molecular complexity index is 298. The summed E-state index contributed by atoms with van der Waals surface area (Å²) < 4.78 is 8.83. The van der Waals surface area contributed by atoms with Gasteiger partial charge < -0.3 is 46.3 Å². The Morgan fingerprint density at radius 3 is 1.71 bits per heavy atom.